The Balaban J connectivity index is 0.00000484. The standard InChI is InChI=1S/C15H22Cl2N4O.HI/c1-5-18-15(19-9-14(22)21(3)4)20-10(2)12-7-6-11(16)8-13(12)17;/h6-8,10H,5,9H2,1-4H3,(H2,18,19,20);1H. The lowest BCUT2D eigenvalue weighted by Gasteiger charge is -2.19. The van der Waals surface area contributed by atoms with Gasteiger partial charge in [0.25, 0.3) is 0 Å². The molecule has 1 amide bonds. The third kappa shape index (κ3) is 7.58. The number of amides is 1. The summed E-state index contributed by atoms with van der Waals surface area (Å²) in [6, 6.07) is 5.30. The number of carbonyl (C=O) groups excluding carboxylic acids is 1. The molecule has 0 aliphatic heterocycles. The van der Waals surface area contributed by atoms with Gasteiger partial charge in [0, 0.05) is 30.7 Å². The van der Waals surface area contributed by atoms with Crippen LogP contribution in [0.1, 0.15) is 25.5 Å². The third-order valence-corrected chi connectivity index (χ3v) is 3.56. The molecule has 8 heteroatoms. The Kier molecular flexibility index (Phi) is 10.6. The Labute approximate surface area is 164 Å². The van der Waals surface area contributed by atoms with Crippen LogP contribution in [0.2, 0.25) is 10.0 Å². The van der Waals surface area contributed by atoms with E-state index in [9.17, 15) is 4.79 Å². The molecule has 23 heavy (non-hydrogen) atoms. The van der Waals surface area contributed by atoms with Crippen molar-refractivity contribution in [2.45, 2.75) is 19.9 Å². The van der Waals surface area contributed by atoms with Crippen molar-refractivity contribution in [3.8, 4) is 0 Å². The van der Waals surface area contributed by atoms with Crippen molar-refractivity contribution >= 4 is 59.0 Å². The van der Waals surface area contributed by atoms with Gasteiger partial charge >= 0.3 is 0 Å². The fraction of sp³-hybridized carbons (Fsp3) is 0.467. The highest BCUT2D eigenvalue weighted by molar-refractivity contribution is 14.0. The number of guanidine groups is 1. The van der Waals surface area contributed by atoms with E-state index < -0.39 is 0 Å². The van der Waals surface area contributed by atoms with Gasteiger partial charge < -0.3 is 15.5 Å². The minimum atomic E-state index is -0.0722. The van der Waals surface area contributed by atoms with Crippen LogP contribution in [-0.4, -0.2) is 44.0 Å². The zero-order chi connectivity index (χ0) is 16.7. The highest BCUT2D eigenvalue weighted by Crippen LogP contribution is 2.25. The maximum absolute atomic E-state index is 11.6. The molecule has 1 unspecified atom stereocenters. The first-order valence-corrected chi connectivity index (χ1v) is 7.80. The summed E-state index contributed by atoms with van der Waals surface area (Å²) in [6.07, 6.45) is 0. The Morgan fingerprint density at radius 3 is 2.52 bits per heavy atom. The summed E-state index contributed by atoms with van der Waals surface area (Å²) >= 11 is 12.1. The average Bonchev–Trinajstić information content (AvgIpc) is 2.44. The van der Waals surface area contributed by atoms with Gasteiger partial charge in [0.2, 0.25) is 5.91 Å². The first-order chi connectivity index (χ1) is 10.3. The van der Waals surface area contributed by atoms with E-state index in [1.54, 1.807) is 26.2 Å². The molecule has 5 nitrogen and oxygen atoms in total. The highest BCUT2D eigenvalue weighted by Gasteiger charge is 2.12. The number of carbonyl (C=O) groups is 1. The molecule has 0 aromatic heterocycles. The molecular formula is C15H23Cl2IN4O. The fourth-order valence-electron chi connectivity index (χ4n) is 1.74. The van der Waals surface area contributed by atoms with Gasteiger partial charge in [-0.25, -0.2) is 4.99 Å². The van der Waals surface area contributed by atoms with Crippen molar-refractivity contribution in [1.82, 2.24) is 15.5 Å². The summed E-state index contributed by atoms with van der Waals surface area (Å²) in [5, 5.41) is 7.52. The predicted octanol–water partition coefficient (Wildman–Crippen LogP) is 3.32. The molecule has 1 aromatic carbocycles. The van der Waals surface area contributed by atoms with Crippen LogP contribution in [0.4, 0.5) is 0 Å². The van der Waals surface area contributed by atoms with Gasteiger partial charge in [-0.1, -0.05) is 29.3 Å². The highest BCUT2D eigenvalue weighted by atomic mass is 127. The van der Waals surface area contributed by atoms with Gasteiger partial charge in [-0.2, -0.15) is 0 Å². The fourth-order valence-corrected chi connectivity index (χ4v) is 2.32. The number of hydrogen-bond acceptors (Lipinski definition) is 2. The molecule has 1 atom stereocenters. The van der Waals surface area contributed by atoms with Gasteiger partial charge in [-0.3, -0.25) is 4.79 Å². The lowest BCUT2D eigenvalue weighted by molar-refractivity contribution is -0.127. The van der Waals surface area contributed by atoms with Crippen LogP contribution < -0.4 is 10.6 Å². The lowest BCUT2D eigenvalue weighted by atomic mass is 10.1. The normalized spacial score (nSPS) is 12.2. The van der Waals surface area contributed by atoms with Crippen molar-refractivity contribution in [1.29, 1.82) is 0 Å². The first kappa shape index (κ1) is 22.3. The summed E-state index contributed by atoms with van der Waals surface area (Å²) in [6.45, 7) is 4.72. The molecule has 0 aliphatic carbocycles. The molecule has 1 rings (SSSR count). The molecule has 0 fully saturated rings. The van der Waals surface area contributed by atoms with Gasteiger partial charge in [0.1, 0.15) is 6.54 Å². The second-order valence-electron chi connectivity index (χ2n) is 5.02. The molecule has 0 spiro atoms. The van der Waals surface area contributed by atoms with Gasteiger partial charge in [-0.15, -0.1) is 24.0 Å². The van der Waals surface area contributed by atoms with E-state index in [1.807, 2.05) is 19.9 Å². The van der Waals surface area contributed by atoms with Crippen molar-refractivity contribution < 1.29 is 4.79 Å². The molecule has 0 aliphatic rings. The maximum atomic E-state index is 11.6. The number of rotatable bonds is 5. The number of likely N-dealkylation sites (N-methyl/N-ethyl adjacent to an activating group) is 1. The number of hydrogen-bond donors (Lipinski definition) is 2. The SMILES string of the molecule is CCNC(=NCC(=O)N(C)C)NC(C)c1ccc(Cl)cc1Cl.I. The number of halogens is 3. The van der Waals surface area contributed by atoms with Crippen molar-refractivity contribution in [3.05, 3.63) is 33.8 Å². The Hall–Kier alpha value is -0.730. The summed E-state index contributed by atoms with van der Waals surface area (Å²) < 4.78 is 0. The molecule has 0 saturated heterocycles. The molecular weight excluding hydrogens is 450 g/mol. The van der Waals surface area contributed by atoms with E-state index in [4.69, 9.17) is 23.2 Å². The molecule has 2 N–H and O–H groups in total. The van der Waals surface area contributed by atoms with E-state index in [-0.39, 0.29) is 42.5 Å². The molecule has 0 heterocycles. The van der Waals surface area contributed by atoms with E-state index in [0.717, 1.165) is 5.56 Å². The van der Waals surface area contributed by atoms with Crippen LogP contribution in [0.25, 0.3) is 0 Å². The van der Waals surface area contributed by atoms with Crippen molar-refractivity contribution in [3.63, 3.8) is 0 Å². The van der Waals surface area contributed by atoms with Crippen molar-refractivity contribution in [2.75, 3.05) is 27.2 Å². The Morgan fingerprint density at radius 1 is 1.35 bits per heavy atom. The summed E-state index contributed by atoms with van der Waals surface area (Å²) in [5.74, 6) is 0.505. The molecule has 1 aromatic rings. The second kappa shape index (κ2) is 10.9. The van der Waals surface area contributed by atoms with Crippen LogP contribution in [-0.2, 0) is 4.79 Å². The average molecular weight is 473 g/mol. The Bertz CT molecular complexity index is 552. The van der Waals surface area contributed by atoms with Crippen molar-refractivity contribution in [2.24, 2.45) is 4.99 Å². The van der Waals surface area contributed by atoms with E-state index in [0.29, 0.717) is 22.5 Å². The van der Waals surface area contributed by atoms with Gasteiger partial charge in [0.05, 0.1) is 6.04 Å². The molecule has 0 saturated carbocycles. The minimum Gasteiger partial charge on any atom is -0.357 e. The Morgan fingerprint density at radius 2 is 2.00 bits per heavy atom. The van der Waals surface area contributed by atoms with Gasteiger partial charge in [0.15, 0.2) is 5.96 Å². The molecule has 130 valence electrons. The number of aliphatic imine (C=N–C) groups is 1. The number of nitrogens with one attached hydrogen (secondary N) is 2. The first-order valence-electron chi connectivity index (χ1n) is 7.05. The van der Waals surface area contributed by atoms with Crippen LogP contribution in [0.5, 0.6) is 0 Å². The maximum Gasteiger partial charge on any atom is 0.243 e. The summed E-state index contributed by atoms with van der Waals surface area (Å²) in [7, 11) is 3.41. The zero-order valence-electron chi connectivity index (χ0n) is 13.7. The van der Waals surface area contributed by atoms with Crippen LogP contribution >= 0.6 is 47.2 Å². The second-order valence-corrected chi connectivity index (χ2v) is 5.86. The predicted molar refractivity (Wildman–Crippen MR) is 108 cm³/mol. The minimum absolute atomic E-state index is 0. The number of benzene rings is 1. The largest absolute Gasteiger partial charge is 0.357 e. The van der Waals surface area contributed by atoms with E-state index in [1.165, 1.54) is 4.90 Å². The molecule has 0 bridgehead atoms. The van der Waals surface area contributed by atoms with E-state index in [2.05, 4.69) is 15.6 Å². The molecule has 0 radical (unpaired) electrons. The van der Waals surface area contributed by atoms with Crippen LogP contribution in [0.15, 0.2) is 23.2 Å². The smallest absolute Gasteiger partial charge is 0.243 e. The van der Waals surface area contributed by atoms with Crippen LogP contribution in [0.3, 0.4) is 0 Å². The third-order valence-electron chi connectivity index (χ3n) is 3.00. The lowest BCUT2D eigenvalue weighted by Crippen LogP contribution is -2.39. The zero-order valence-corrected chi connectivity index (χ0v) is 17.5. The quantitative estimate of drug-likeness (QED) is 0.392. The topological polar surface area (TPSA) is 56.7 Å². The van der Waals surface area contributed by atoms with E-state index >= 15 is 0 Å². The van der Waals surface area contributed by atoms with Crippen LogP contribution in [0, 0.1) is 0 Å². The summed E-state index contributed by atoms with van der Waals surface area (Å²) in [4.78, 5) is 17.4. The van der Waals surface area contributed by atoms with Gasteiger partial charge in [-0.05, 0) is 31.5 Å². The summed E-state index contributed by atoms with van der Waals surface area (Å²) in [5.41, 5.74) is 0.913. The number of nitrogens with zero attached hydrogens (tertiary/aromatic N) is 2. The monoisotopic (exact) mass is 472 g/mol.